The van der Waals surface area contributed by atoms with E-state index in [1.165, 1.54) is 18.2 Å². The van der Waals surface area contributed by atoms with Crippen molar-refractivity contribution in [1.29, 1.82) is 0 Å². The van der Waals surface area contributed by atoms with Crippen LogP contribution in [-0.2, 0) is 22.4 Å². The summed E-state index contributed by atoms with van der Waals surface area (Å²) in [5.74, 6) is -0.196. The van der Waals surface area contributed by atoms with Crippen LogP contribution < -0.4 is 5.73 Å². The molecule has 1 heterocycles. The molecule has 24 heavy (non-hydrogen) atoms. The molecule has 0 amide bonds. The highest BCUT2D eigenvalue weighted by Crippen LogP contribution is 2.27. The Hall–Kier alpha value is -1.72. The van der Waals surface area contributed by atoms with Gasteiger partial charge in [-0.05, 0) is 36.9 Å². The van der Waals surface area contributed by atoms with Crippen molar-refractivity contribution in [2.75, 3.05) is 13.7 Å². The Labute approximate surface area is 149 Å². The van der Waals surface area contributed by atoms with Gasteiger partial charge in [-0.25, -0.2) is 4.98 Å². The number of carbonyl (C=O) groups excluding carboxylic acids is 1. The highest BCUT2D eigenvalue weighted by atomic mass is 32.1. The number of esters is 1. The molecule has 0 atom stereocenters. The number of nitrogens with zero attached hydrogens (tertiary/aromatic N) is 1. The maximum atomic E-state index is 11.2. The van der Waals surface area contributed by atoms with Crippen LogP contribution in [0.15, 0.2) is 30.5 Å². The molecule has 4 nitrogen and oxygen atoms in total. The third-order valence-corrected chi connectivity index (χ3v) is 4.59. The van der Waals surface area contributed by atoms with Crippen LogP contribution in [0.4, 0.5) is 0 Å². The third kappa shape index (κ3) is 6.81. The van der Waals surface area contributed by atoms with Gasteiger partial charge in [-0.2, -0.15) is 0 Å². The molecule has 1 aromatic carbocycles. The van der Waals surface area contributed by atoms with Gasteiger partial charge in [-0.15, -0.1) is 11.3 Å². The van der Waals surface area contributed by atoms with Crippen LogP contribution in [0.2, 0.25) is 0 Å². The van der Waals surface area contributed by atoms with E-state index < -0.39 is 0 Å². The third-order valence-electron chi connectivity index (χ3n) is 3.48. The molecule has 2 N–H and O–H groups in total. The number of rotatable bonds is 8. The van der Waals surface area contributed by atoms with Crippen molar-refractivity contribution in [2.45, 2.75) is 46.0 Å². The van der Waals surface area contributed by atoms with Crippen molar-refractivity contribution in [1.82, 2.24) is 4.98 Å². The molecule has 0 bridgehead atoms. The number of hydrogen-bond donors (Lipinski definition) is 1. The molecule has 0 saturated carbocycles. The first-order valence-corrected chi connectivity index (χ1v) is 9.35. The second-order valence-corrected chi connectivity index (χ2v) is 6.25. The molecule has 0 aliphatic heterocycles. The minimum atomic E-state index is -0.196. The van der Waals surface area contributed by atoms with Crippen molar-refractivity contribution < 1.29 is 9.53 Å². The van der Waals surface area contributed by atoms with E-state index in [2.05, 4.69) is 34.0 Å². The van der Waals surface area contributed by atoms with Crippen LogP contribution in [0.5, 0.6) is 0 Å². The summed E-state index contributed by atoms with van der Waals surface area (Å²) in [7, 11) is 1.41. The number of ether oxygens (including phenoxy) is 1. The zero-order valence-electron chi connectivity index (χ0n) is 14.9. The average molecular weight is 349 g/mol. The van der Waals surface area contributed by atoms with Crippen LogP contribution in [0.3, 0.4) is 0 Å². The van der Waals surface area contributed by atoms with Crippen LogP contribution in [0.1, 0.15) is 43.7 Å². The number of nitrogens with two attached hydrogens (primary N) is 1. The minimum Gasteiger partial charge on any atom is -0.469 e. The van der Waals surface area contributed by atoms with Crippen molar-refractivity contribution >= 4 is 17.3 Å². The minimum absolute atomic E-state index is 0.196. The topological polar surface area (TPSA) is 65.2 Å². The Balaban J connectivity index is 0.00000139. The molecule has 1 aromatic heterocycles. The fourth-order valence-corrected chi connectivity index (χ4v) is 3.10. The molecule has 2 rings (SSSR count). The summed E-state index contributed by atoms with van der Waals surface area (Å²) in [4.78, 5) is 16.7. The van der Waals surface area contributed by atoms with Gasteiger partial charge in [0.25, 0.3) is 0 Å². The van der Waals surface area contributed by atoms with E-state index >= 15 is 0 Å². The number of carbonyl (C=O) groups is 1. The quantitative estimate of drug-likeness (QED) is 0.573. The Kier molecular flexibility index (Phi) is 9.96. The van der Waals surface area contributed by atoms with E-state index in [1.807, 2.05) is 20.0 Å². The van der Waals surface area contributed by atoms with Gasteiger partial charge in [-0.1, -0.05) is 38.1 Å². The molecular formula is C19H28N2O2S. The zero-order chi connectivity index (χ0) is 17.8. The summed E-state index contributed by atoms with van der Waals surface area (Å²) in [5.41, 5.74) is 8.02. The van der Waals surface area contributed by atoms with Gasteiger partial charge in [-0.3, -0.25) is 4.79 Å². The average Bonchev–Trinajstić information content (AvgIpc) is 3.11. The Morgan fingerprint density at radius 2 is 1.88 bits per heavy atom. The van der Waals surface area contributed by atoms with Crippen molar-refractivity contribution in [2.24, 2.45) is 5.73 Å². The predicted octanol–water partition coefficient (Wildman–Crippen LogP) is 4.22. The van der Waals surface area contributed by atoms with Crippen LogP contribution in [0.25, 0.3) is 10.4 Å². The number of aryl methyl sites for hydroxylation is 2. The number of thiazole rings is 1. The standard InChI is InChI=1S/C17H22N2O2S.C2H6/c1-21-17(20)10-9-16-19-12-15(22-16)14-7-5-13(6-8-14)4-2-3-11-18;1-2/h5-8,12H,2-4,9-11,18H2,1H3;1-2H3. The second-order valence-electron chi connectivity index (χ2n) is 5.14. The second kappa shape index (κ2) is 11.8. The lowest BCUT2D eigenvalue weighted by Gasteiger charge is -2.02. The normalized spacial score (nSPS) is 10.0. The van der Waals surface area contributed by atoms with Crippen molar-refractivity contribution in [3.8, 4) is 10.4 Å². The molecule has 0 aliphatic rings. The lowest BCUT2D eigenvalue weighted by molar-refractivity contribution is -0.140. The first-order valence-electron chi connectivity index (χ1n) is 8.54. The molecule has 0 saturated heterocycles. The number of hydrogen-bond acceptors (Lipinski definition) is 5. The maximum absolute atomic E-state index is 11.2. The van der Waals surface area contributed by atoms with E-state index in [0.29, 0.717) is 12.8 Å². The molecule has 0 unspecified atom stereocenters. The fraction of sp³-hybridized carbons (Fsp3) is 0.474. The van der Waals surface area contributed by atoms with Crippen LogP contribution in [-0.4, -0.2) is 24.6 Å². The smallest absolute Gasteiger partial charge is 0.305 e. The number of methoxy groups -OCH3 is 1. The summed E-state index contributed by atoms with van der Waals surface area (Å²) in [5, 5.41) is 0.965. The van der Waals surface area contributed by atoms with E-state index in [4.69, 9.17) is 5.73 Å². The molecule has 0 spiro atoms. The number of benzene rings is 1. The lowest BCUT2D eigenvalue weighted by Crippen LogP contribution is -2.01. The van der Waals surface area contributed by atoms with Gasteiger partial charge in [0.2, 0.25) is 0 Å². The van der Waals surface area contributed by atoms with Crippen LogP contribution in [0, 0.1) is 0 Å². The summed E-state index contributed by atoms with van der Waals surface area (Å²) in [6.45, 7) is 4.76. The monoisotopic (exact) mass is 348 g/mol. The van der Waals surface area contributed by atoms with E-state index in [0.717, 1.165) is 35.7 Å². The lowest BCUT2D eigenvalue weighted by atomic mass is 10.1. The Bertz CT molecular complexity index is 594. The Morgan fingerprint density at radius 3 is 2.50 bits per heavy atom. The largest absolute Gasteiger partial charge is 0.469 e. The molecular weight excluding hydrogens is 320 g/mol. The van der Waals surface area contributed by atoms with Gasteiger partial charge in [0.05, 0.1) is 23.4 Å². The first-order chi connectivity index (χ1) is 11.7. The van der Waals surface area contributed by atoms with Crippen molar-refractivity contribution in [3.63, 3.8) is 0 Å². The number of unbranched alkanes of at least 4 members (excludes halogenated alkanes) is 1. The molecule has 0 fully saturated rings. The van der Waals surface area contributed by atoms with Gasteiger partial charge < -0.3 is 10.5 Å². The highest BCUT2D eigenvalue weighted by molar-refractivity contribution is 7.15. The summed E-state index contributed by atoms with van der Waals surface area (Å²) >= 11 is 1.63. The van der Waals surface area contributed by atoms with E-state index in [-0.39, 0.29) is 5.97 Å². The molecule has 0 aliphatic carbocycles. The van der Waals surface area contributed by atoms with Gasteiger partial charge in [0.1, 0.15) is 0 Å². The Morgan fingerprint density at radius 1 is 1.17 bits per heavy atom. The SMILES string of the molecule is CC.COC(=O)CCc1ncc(-c2ccc(CCCCN)cc2)s1. The number of aromatic nitrogens is 1. The molecule has 5 heteroatoms. The first kappa shape index (κ1) is 20.3. The summed E-state index contributed by atoms with van der Waals surface area (Å²) in [6.07, 6.45) is 6.16. The van der Waals surface area contributed by atoms with E-state index in [9.17, 15) is 4.79 Å². The summed E-state index contributed by atoms with van der Waals surface area (Å²) < 4.78 is 4.65. The molecule has 0 radical (unpaired) electrons. The summed E-state index contributed by atoms with van der Waals surface area (Å²) in [6, 6.07) is 8.60. The van der Waals surface area contributed by atoms with Gasteiger partial charge in [0.15, 0.2) is 0 Å². The van der Waals surface area contributed by atoms with Crippen LogP contribution >= 0.6 is 11.3 Å². The highest BCUT2D eigenvalue weighted by Gasteiger charge is 2.07. The molecule has 2 aromatic rings. The van der Waals surface area contributed by atoms with Crippen molar-refractivity contribution in [3.05, 3.63) is 41.0 Å². The fourth-order valence-electron chi connectivity index (χ4n) is 2.18. The maximum Gasteiger partial charge on any atom is 0.305 e. The molecule has 132 valence electrons. The zero-order valence-corrected chi connectivity index (χ0v) is 15.7. The van der Waals surface area contributed by atoms with E-state index in [1.54, 1.807) is 11.3 Å². The van der Waals surface area contributed by atoms with Gasteiger partial charge in [0, 0.05) is 12.6 Å². The van der Waals surface area contributed by atoms with Gasteiger partial charge >= 0.3 is 5.97 Å². The predicted molar refractivity (Wildman–Crippen MR) is 101 cm³/mol.